The third-order valence-electron chi connectivity index (χ3n) is 5.83. The number of benzene rings is 1. The van der Waals surface area contributed by atoms with Crippen LogP contribution in [0.3, 0.4) is 0 Å². The third-order valence-corrected chi connectivity index (χ3v) is 8.88. The molecule has 0 bridgehead atoms. The summed E-state index contributed by atoms with van der Waals surface area (Å²) in [5.41, 5.74) is 7.09. The van der Waals surface area contributed by atoms with Crippen LogP contribution in [0.1, 0.15) is 45.5 Å². The van der Waals surface area contributed by atoms with Gasteiger partial charge in [-0.15, -0.1) is 15.7 Å². The van der Waals surface area contributed by atoms with Crippen molar-refractivity contribution in [2.45, 2.75) is 55.8 Å². The molecule has 1 aromatic heterocycles. The van der Waals surface area contributed by atoms with E-state index < -0.39 is 15.9 Å². The zero-order chi connectivity index (χ0) is 19.3. The van der Waals surface area contributed by atoms with Gasteiger partial charge < -0.3 is 10.1 Å². The number of fused-ring (bicyclic) bond motifs is 3. The van der Waals surface area contributed by atoms with Gasteiger partial charge in [0.25, 0.3) is 0 Å². The van der Waals surface area contributed by atoms with Crippen molar-refractivity contribution in [3.05, 3.63) is 44.8 Å². The molecule has 2 amide bonds. The zero-order valence-corrected chi connectivity index (χ0v) is 17.2. The highest BCUT2D eigenvalue weighted by Crippen LogP contribution is 2.38. The number of rotatable bonds is 2. The first-order chi connectivity index (χ1) is 13.5. The summed E-state index contributed by atoms with van der Waals surface area (Å²) in [4.78, 5) is 13.7. The molecule has 8 heteroatoms. The van der Waals surface area contributed by atoms with Crippen molar-refractivity contribution in [2.75, 3.05) is 11.9 Å². The number of amides is 2. The molecule has 28 heavy (non-hydrogen) atoms. The predicted molar refractivity (Wildman–Crippen MR) is 110 cm³/mol. The molecule has 2 aromatic rings. The lowest BCUT2D eigenvalue weighted by Crippen LogP contribution is -2.18. The first-order valence-electron chi connectivity index (χ1n) is 9.73. The Morgan fingerprint density at radius 3 is 2.46 bits per heavy atom. The summed E-state index contributed by atoms with van der Waals surface area (Å²) in [5, 5.41) is 8.95. The van der Waals surface area contributed by atoms with Crippen molar-refractivity contribution >= 4 is 33.0 Å². The van der Waals surface area contributed by atoms with Crippen LogP contribution in [-0.4, -0.2) is 16.8 Å². The lowest BCUT2D eigenvalue weighted by atomic mass is 9.99. The lowest BCUT2D eigenvalue weighted by molar-refractivity contribution is 0.113. The maximum absolute atomic E-state index is 13.0. The summed E-state index contributed by atoms with van der Waals surface area (Å²) in [5.74, 6) is 0. The van der Waals surface area contributed by atoms with Crippen molar-refractivity contribution in [1.82, 2.24) is 0 Å². The molecule has 0 spiro atoms. The minimum absolute atomic E-state index is 0.446. The first kappa shape index (κ1) is 18.3. The molecule has 0 radical (unpaired) electrons. The monoisotopic (exact) mass is 417 g/mol. The maximum atomic E-state index is 13.0. The van der Waals surface area contributed by atoms with E-state index in [4.69, 9.17) is 9.88 Å². The number of nitrogens with two attached hydrogens (primary N) is 1. The van der Waals surface area contributed by atoms with Crippen molar-refractivity contribution in [3.63, 3.8) is 0 Å². The van der Waals surface area contributed by atoms with Gasteiger partial charge in [-0.25, -0.2) is 14.1 Å². The van der Waals surface area contributed by atoms with Crippen LogP contribution in [0.2, 0.25) is 0 Å². The van der Waals surface area contributed by atoms with Gasteiger partial charge in [0.15, 0.2) is 9.92 Å². The SMILES string of the molecule is N[S@@](=O)(=NC(=O)Nc1c2c(cc3c1CCC3)CCC2)c1cc2c(s1)COCC2. The molecule has 0 saturated carbocycles. The smallest absolute Gasteiger partial charge is 0.354 e. The molecule has 2 heterocycles. The number of carbonyl (C=O) groups is 1. The molecule has 1 atom stereocenters. The van der Waals surface area contributed by atoms with Crippen LogP contribution in [0.25, 0.3) is 0 Å². The van der Waals surface area contributed by atoms with Crippen LogP contribution in [0.4, 0.5) is 10.5 Å². The van der Waals surface area contributed by atoms with E-state index in [0.29, 0.717) is 17.4 Å². The Morgan fingerprint density at radius 1 is 1.07 bits per heavy atom. The Labute approximate surface area is 168 Å². The second-order valence-electron chi connectivity index (χ2n) is 7.64. The molecule has 3 N–H and O–H groups in total. The number of hydrogen-bond donors (Lipinski definition) is 2. The first-order valence-corrected chi connectivity index (χ1v) is 12.1. The van der Waals surface area contributed by atoms with E-state index in [1.165, 1.54) is 33.6 Å². The molecule has 1 aliphatic heterocycles. The second-order valence-corrected chi connectivity index (χ2v) is 10.8. The van der Waals surface area contributed by atoms with E-state index >= 15 is 0 Å². The van der Waals surface area contributed by atoms with Crippen molar-refractivity contribution in [2.24, 2.45) is 9.50 Å². The van der Waals surface area contributed by atoms with Crippen LogP contribution in [0.15, 0.2) is 20.7 Å². The number of urea groups is 1. The third kappa shape index (κ3) is 3.18. The van der Waals surface area contributed by atoms with Crippen LogP contribution >= 0.6 is 11.3 Å². The number of nitrogens with zero attached hydrogens (tertiary/aromatic N) is 1. The van der Waals surface area contributed by atoms with Gasteiger partial charge in [0.2, 0.25) is 0 Å². The summed E-state index contributed by atoms with van der Waals surface area (Å²) >= 11 is 1.33. The van der Waals surface area contributed by atoms with Crippen molar-refractivity contribution in [3.8, 4) is 0 Å². The average molecular weight is 418 g/mol. The Kier molecular flexibility index (Phi) is 4.54. The quantitative estimate of drug-likeness (QED) is 0.779. The van der Waals surface area contributed by atoms with Gasteiger partial charge in [0.1, 0.15) is 4.21 Å². The standard InChI is InChI=1S/C20H23N3O3S2/c21-28(25,18-10-14-7-8-26-11-17(14)27-18)23-20(24)22-19-15-5-1-3-12(15)9-13-4-2-6-16(13)19/h9-10H,1-8,11H2,(H3,21,22,23,24,25)/t28-/m1/s1. The van der Waals surface area contributed by atoms with E-state index in [0.717, 1.165) is 61.1 Å². The van der Waals surface area contributed by atoms with Crippen molar-refractivity contribution in [1.29, 1.82) is 0 Å². The molecule has 2 aliphatic carbocycles. The average Bonchev–Trinajstić information content (AvgIpc) is 3.39. The van der Waals surface area contributed by atoms with E-state index in [1.54, 1.807) is 0 Å². The Hall–Kier alpha value is -1.74. The number of nitrogens with one attached hydrogen (secondary N) is 1. The molecular weight excluding hydrogens is 394 g/mol. The fourth-order valence-corrected chi connectivity index (χ4v) is 6.99. The number of ether oxygens (including phenoxy) is 1. The number of carbonyl (C=O) groups excluding carboxylic acids is 1. The normalized spacial score (nSPS) is 19.5. The van der Waals surface area contributed by atoms with Crippen molar-refractivity contribution < 1.29 is 13.7 Å². The highest BCUT2D eigenvalue weighted by Gasteiger charge is 2.26. The van der Waals surface area contributed by atoms with Crippen LogP contribution in [-0.2, 0) is 53.4 Å². The van der Waals surface area contributed by atoms with Gasteiger partial charge >= 0.3 is 6.03 Å². The molecule has 1 aromatic carbocycles. The molecule has 148 valence electrons. The molecule has 6 nitrogen and oxygen atoms in total. The topological polar surface area (TPSA) is 93.8 Å². The minimum atomic E-state index is -3.28. The summed E-state index contributed by atoms with van der Waals surface area (Å²) in [6, 6.07) is 3.51. The minimum Gasteiger partial charge on any atom is -0.376 e. The highest BCUT2D eigenvalue weighted by atomic mass is 32.2. The number of anilines is 1. The van der Waals surface area contributed by atoms with E-state index in [9.17, 15) is 9.00 Å². The fraction of sp³-hybridized carbons (Fsp3) is 0.450. The fourth-order valence-electron chi connectivity index (χ4n) is 4.53. The summed E-state index contributed by atoms with van der Waals surface area (Å²) < 4.78 is 22.8. The highest BCUT2D eigenvalue weighted by molar-refractivity contribution is 7.93. The molecule has 0 unspecified atom stereocenters. The van der Waals surface area contributed by atoms with E-state index in [1.807, 2.05) is 6.07 Å². The maximum Gasteiger partial charge on any atom is 0.354 e. The number of aryl methyl sites for hydroxylation is 2. The van der Waals surface area contributed by atoms with Crippen LogP contribution in [0.5, 0.6) is 0 Å². The largest absolute Gasteiger partial charge is 0.376 e. The summed E-state index contributed by atoms with van der Waals surface area (Å²) in [7, 11) is -3.28. The molecule has 0 saturated heterocycles. The van der Waals surface area contributed by atoms with Gasteiger partial charge in [-0.05, 0) is 78.8 Å². The van der Waals surface area contributed by atoms with Gasteiger partial charge in [0, 0.05) is 10.6 Å². The van der Waals surface area contributed by atoms with E-state index in [2.05, 4.69) is 15.7 Å². The Morgan fingerprint density at radius 2 is 1.79 bits per heavy atom. The molecular formula is C20H23N3O3S2. The zero-order valence-electron chi connectivity index (χ0n) is 15.6. The summed E-state index contributed by atoms with van der Waals surface area (Å²) in [6.07, 6.45) is 7.03. The molecule has 5 rings (SSSR count). The van der Waals surface area contributed by atoms with Gasteiger partial charge in [-0.3, -0.25) is 0 Å². The number of hydrogen-bond acceptors (Lipinski definition) is 4. The van der Waals surface area contributed by atoms with Crippen LogP contribution in [0, 0.1) is 0 Å². The Bertz CT molecular complexity index is 1040. The molecule has 0 fully saturated rings. The molecule has 3 aliphatic rings. The van der Waals surface area contributed by atoms with Gasteiger partial charge in [-0.1, -0.05) is 6.07 Å². The Balaban J connectivity index is 1.46. The van der Waals surface area contributed by atoms with Gasteiger partial charge in [0.05, 0.1) is 13.2 Å². The predicted octanol–water partition coefficient (Wildman–Crippen LogP) is 3.73. The van der Waals surface area contributed by atoms with E-state index in [-0.39, 0.29) is 0 Å². The van der Waals surface area contributed by atoms with Crippen LogP contribution < -0.4 is 10.5 Å². The van der Waals surface area contributed by atoms with Gasteiger partial charge in [-0.2, -0.15) is 0 Å². The lowest BCUT2D eigenvalue weighted by Gasteiger charge is -2.15. The second kappa shape index (κ2) is 6.95. The number of thiophene rings is 1. The summed E-state index contributed by atoms with van der Waals surface area (Å²) in [6.45, 7) is 1.15.